The average Bonchev–Trinajstić information content (AvgIpc) is 2.73. The van der Waals surface area contributed by atoms with E-state index >= 15 is 0 Å². The summed E-state index contributed by atoms with van der Waals surface area (Å²) in [6.07, 6.45) is 2.36. The van der Waals surface area contributed by atoms with Gasteiger partial charge in [-0.25, -0.2) is 0 Å². The average molecular weight is 396 g/mol. The van der Waals surface area contributed by atoms with E-state index < -0.39 is 5.60 Å². The molecule has 1 fully saturated rings. The summed E-state index contributed by atoms with van der Waals surface area (Å²) < 4.78 is 11.7. The van der Waals surface area contributed by atoms with Crippen LogP contribution in [0.3, 0.4) is 0 Å². The Morgan fingerprint density at radius 2 is 1.83 bits per heavy atom. The van der Waals surface area contributed by atoms with Gasteiger partial charge in [0, 0.05) is 17.4 Å². The largest absolute Gasteiger partial charge is 0.496 e. The molecule has 1 heterocycles. The van der Waals surface area contributed by atoms with Crippen LogP contribution < -0.4 is 10.1 Å². The fraction of sp³-hybridized carbons (Fsp3) is 0.480. The molecule has 2 aromatic rings. The molecule has 29 heavy (non-hydrogen) atoms. The van der Waals surface area contributed by atoms with Gasteiger partial charge in [-0.1, -0.05) is 48.0 Å². The van der Waals surface area contributed by atoms with Crippen LogP contribution in [0.1, 0.15) is 55.7 Å². The first kappa shape index (κ1) is 21.4. The van der Waals surface area contributed by atoms with Crippen molar-refractivity contribution in [3.8, 4) is 5.75 Å². The molecule has 1 atom stereocenters. The zero-order valence-corrected chi connectivity index (χ0v) is 18.0. The third kappa shape index (κ3) is 5.39. The minimum Gasteiger partial charge on any atom is -0.496 e. The van der Waals surface area contributed by atoms with Crippen molar-refractivity contribution < 1.29 is 14.3 Å². The Hall–Kier alpha value is -2.33. The van der Waals surface area contributed by atoms with Gasteiger partial charge in [-0.05, 0) is 58.3 Å². The number of carbonyl (C=O) groups is 1. The number of hydrogen-bond donors (Lipinski definition) is 1. The van der Waals surface area contributed by atoms with E-state index in [1.54, 1.807) is 7.11 Å². The predicted molar refractivity (Wildman–Crippen MR) is 116 cm³/mol. The normalized spacial score (nSPS) is 16.3. The lowest BCUT2D eigenvalue weighted by atomic mass is 9.83. The molecule has 0 amide bonds. The second-order valence-electron chi connectivity index (χ2n) is 8.51. The van der Waals surface area contributed by atoms with Crippen molar-refractivity contribution in [2.75, 3.05) is 20.2 Å². The van der Waals surface area contributed by atoms with E-state index in [9.17, 15) is 4.79 Å². The Bertz CT molecular complexity index is 810. The third-order valence-electron chi connectivity index (χ3n) is 6.03. The minimum absolute atomic E-state index is 0.109. The van der Waals surface area contributed by atoms with Gasteiger partial charge in [0.05, 0.1) is 13.5 Å². The van der Waals surface area contributed by atoms with Crippen LogP contribution in [-0.2, 0) is 9.53 Å². The van der Waals surface area contributed by atoms with Crippen LogP contribution in [0.2, 0.25) is 0 Å². The number of ether oxygens (including phenoxy) is 2. The highest BCUT2D eigenvalue weighted by atomic mass is 16.6. The second kappa shape index (κ2) is 9.45. The van der Waals surface area contributed by atoms with E-state index in [-0.39, 0.29) is 18.3 Å². The van der Waals surface area contributed by atoms with Gasteiger partial charge in [-0.2, -0.15) is 0 Å². The van der Waals surface area contributed by atoms with Gasteiger partial charge >= 0.3 is 5.97 Å². The summed E-state index contributed by atoms with van der Waals surface area (Å²) >= 11 is 0. The molecular weight excluding hydrogens is 362 g/mol. The smallest absolute Gasteiger partial charge is 0.307 e. The van der Waals surface area contributed by atoms with Crippen molar-refractivity contribution in [3.05, 3.63) is 65.2 Å². The molecule has 156 valence electrons. The van der Waals surface area contributed by atoms with Crippen molar-refractivity contribution in [3.63, 3.8) is 0 Å². The number of hydrogen-bond acceptors (Lipinski definition) is 4. The first-order chi connectivity index (χ1) is 13.9. The first-order valence-electron chi connectivity index (χ1n) is 10.5. The summed E-state index contributed by atoms with van der Waals surface area (Å²) in [5.74, 6) is 0.916. The lowest BCUT2D eigenvalue weighted by Gasteiger charge is -2.37. The molecule has 1 saturated heterocycles. The summed E-state index contributed by atoms with van der Waals surface area (Å²) in [4.78, 5) is 13.1. The third-order valence-corrected chi connectivity index (χ3v) is 6.03. The molecule has 0 bridgehead atoms. The molecule has 0 aromatic heterocycles. The Labute approximate surface area is 174 Å². The highest BCUT2D eigenvalue weighted by Gasteiger charge is 2.35. The quantitative estimate of drug-likeness (QED) is 0.681. The van der Waals surface area contributed by atoms with Gasteiger partial charge in [0.25, 0.3) is 0 Å². The minimum atomic E-state index is -0.461. The topological polar surface area (TPSA) is 47.6 Å². The highest BCUT2D eigenvalue weighted by Crippen LogP contribution is 2.37. The van der Waals surface area contributed by atoms with Gasteiger partial charge in [-0.15, -0.1) is 0 Å². The van der Waals surface area contributed by atoms with E-state index in [1.165, 1.54) is 0 Å². The first-order valence-corrected chi connectivity index (χ1v) is 10.5. The second-order valence-corrected chi connectivity index (χ2v) is 8.51. The van der Waals surface area contributed by atoms with Crippen LogP contribution in [0.5, 0.6) is 5.75 Å². The van der Waals surface area contributed by atoms with Crippen molar-refractivity contribution in [1.29, 1.82) is 0 Å². The van der Waals surface area contributed by atoms with E-state index in [0.29, 0.717) is 5.92 Å². The molecule has 0 saturated carbocycles. The molecule has 2 aromatic carbocycles. The number of benzene rings is 2. The molecule has 1 aliphatic rings. The molecule has 0 aliphatic carbocycles. The Morgan fingerprint density at radius 1 is 1.14 bits per heavy atom. The van der Waals surface area contributed by atoms with Gasteiger partial charge < -0.3 is 14.8 Å². The van der Waals surface area contributed by atoms with Gasteiger partial charge in [-0.3, -0.25) is 4.79 Å². The van der Waals surface area contributed by atoms with Crippen LogP contribution in [-0.4, -0.2) is 31.8 Å². The van der Waals surface area contributed by atoms with Crippen LogP contribution in [0.4, 0.5) is 0 Å². The summed E-state index contributed by atoms with van der Waals surface area (Å²) in [5, 5.41) is 3.38. The number of rotatable bonds is 7. The van der Waals surface area contributed by atoms with Crippen molar-refractivity contribution in [2.45, 2.75) is 51.6 Å². The van der Waals surface area contributed by atoms with Gasteiger partial charge in [0.15, 0.2) is 0 Å². The predicted octanol–water partition coefficient (Wildman–Crippen LogP) is 4.85. The Balaban J connectivity index is 1.84. The standard InChI is InChI=1S/C25H33NO3/c1-18-10-11-23(28-4)22(16-18)21(19-8-6-5-7-9-19)17-24(27)29-25(2,3)20-12-14-26-15-13-20/h5-11,16,20-21,26H,12-15,17H2,1-4H3. The van der Waals surface area contributed by atoms with Crippen LogP contribution in [0.15, 0.2) is 48.5 Å². The Kier molecular flexibility index (Phi) is 6.96. The molecule has 0 spiro atoms. The maximum absolute atomic E-state index is 13.1. The SMILES string of the molecule is COc1ccc(C)cc1C(CC(=O)OC(C)(C)C1CCNCC1)c1ccccc1. The molecule has 1 aliphatic heterocycles. The summed E-state index contributed by atoms with van der Waals surface area (Å²) in [6, 6.07) is 16.3. The van der Waals surface area contributed by atoms with E-state index in [2.05, 4.69) is 30.4 Å². The van der Waals surface area contributed by atoms with Gasteiger partial charge in [0.2, 0.25) is 0 Å². The zero-order valence-electron chi connectivity index (χ0n) is 18.0. The summed E-state index contributed by atoms with van der Waals surface area (Å²) in [5.41, 5.74) is 2.80. The monoisotopic (exact) mass is 395 g/mol. The van der Waals surface area contributed by atoms with E-state index in [4.69, 9.17) is 9.47 Å². The lowest BCUT2D eigenvalue weighted by molar-refractivity contribution is -0.163. The fourth-order valence-corrected chi connectivity index (χ4v) is 4.32. The number of esters is 1. The number of nitrogens with one attached hydrogen (secondary N) is 1. The number of methoxy groups -OCH3 is 1. The van der Waals surface area contributed by atoms with Gasteiger partial charge in [0.1, 0.15) is 11.4 Å². The summed E-state index contributed by atoms with van der Waals surface area (Å²) in [6.45, 7) is 8.12. The maximum Gasteiger partial charge on any atom is 0.307 e. The molecule has 4 heteroatoms. The van der Waals surface area contributed by atoms with Crippen LogP contribution in [0, 0.1) is 12.8 Å². The van der Waals surface area contributed by atoms with Crippen molar-refractivity contribution in [1.82, 2.24) is 5.32 Å². The number of carbonyl (C=O) groups excluding carboxylic acids is 1. The maximum atomic E-state index is 13.1. The number of piperidine rings is 1. The Morgan fingerprint density at radius 3 is 2.48 bits per heavy atom. The lowest BCUT2D eigenvalue weighted by Crippen LogP contribution is -2.43. The molecule has 0 radical (unpaired) electrons. The zero-order chi connectivity index (χ0) is 20.9. The molecular formula is C25H33NO3. The fourth-order valence-electron chi connectivity index (χ4n) is 4.32. The molecule has 4 nitrogen and oxygen atoms in total. The van der Waals surface area contributed by atoms with E-state index in [1.807, 2.05) is 44.2 Å². The number of aryl methyl sites for hydroxylation is 1. The van der Waals surface area contributed by atoms with E-state index in [0.717, 1.165) is 48.4 Å². The van der Waals surface area contributed by atoms with Crippen LogP contribution >= 0.6 is 0 Å². The molecule has 1 N–H and O–H groups in total. The highest BCUT2D eigenvalue weighted by molar-refractivity contribution is 5.72. The molecule has 3 rings (SSSR count). The van der Waals surface area contributed by atoms with Crippen LogP contribution in [0.25, 0.3) is 0 Å². The summed E-state index contributed by atoms with van der Waals surface area (Å²) in [7, 11) is 1.68. The van der Waals surface area contributed by atoms with Crippen molar-refractivity contribution in [2.24, 2.45) is 5.92 Å². The van der Waals surface area contributed by atoms with Crippen molar-refractivity contribution >= 4 is 5.97 Å². The molecule has 1 unspecified atom stereocenters.